The minimum absolute atomic E-state index is 0.444. The van der Waals surface area contributed by atoms with Gasteiger partial charge in [-0.3, -0.25) is 4.98 Å². The molecule has 0 aliphatic heterocycles. The Morgan fingerprint density at radius 3 is 2.92 bits per heavy atom. The van der Waals surface area contributed by atoms with Gasteiger partial charge in [0.05, 0.1) is 12.2 Å². The lowest BCUT2D eigenvalue weighted by molar-refractivity contribution is 0.216. The van der Waals surface area contributed by atoms with E-state index < -0.39 is 6.03 Å². The lowest BCUT2D eigenvalue weighted by atomic mass is 10.3. The van der Waals surface area contributed by atoms with Crippen LogP contribution in [0.3, 0.4) is 0 Å². The number of rotatable bonds is 2. The molecule has 0 unspecified atom stereocenters. The van der Waals surface area contributed by atoms with Gasteiger partial charge in [-0.15, -0.1) is 0 Å². The number of aromatic nitrogens is 1. The zero-order valence-corrected chi connectivity index (χ0v) is 6.90. The quantitative estimate of drug-likeness (QED) is 0.697. The zero-order chi connectivity index (χ0) is 8.97. The van der Waals surface area contributed by atoms with Gasteiger partial charge >= 0.3 is 6.03 Å². The maximum Gasteiger partial charge on any atom is 0.314 e. The van der Waals surface area contributed by atoms with Gasteiger partial charge in [0.2, 0.25) is 0 Å². The molecule has 0 saturated carbocycles. The van der Waals surface area contributed by atoms with Crippen LogP contribution in [0.2, 0.25) is 0 Å². The Morgan fingerprint density at radius 1 is 1.67 bits per heavy atom. The molecule has 2 amide bonds. The number of pyridine rings is 1. The molecule has 4 heteroatoms. The Bertz CT molecular complexity index is 260. The Kier molecular flexibility index (Phi) is 2.63. The Balaban J connectivity index is 2.58. The molecule has 1 aromatic heterocycles. The first-order valence-corrected chi connectivity index (χ1v) is 3.60. The summed E-state index contributed by atoms with van der Waals surface area (Å²) in [6, 6.07) is 5.10. The summed E-state index contributed by atoms with van der Waals surface area (Å²) >= 11 is 0. The first kappa shape index (κ1) is 8.52. The van der Waals surface area contributed by atoms with Gasteiger partial charge in [0.1, 0.15) is 0 Å². The molecule has 0 fully saturated rings. The highest BCUT2D eigenvalue weighted by atomic mass is 16.2. The number of urea groups is 1. The number of carbonyl (C=O) groups is 1. The molecule has 0 aromatic carbocycles. The Morgan fingerprint density at radius 2 is 2.42 bits per heavy atom. The second-order valence-electron chi connectivity index (χ2n) is 2.52. The van der Waals surface area contributed by atoms with E-state index in [-0.39, 0.29) is 0 Å². The van der Waals surface area contributed by atoms with E-state index in [1.807, 2.05) is 18.2 Å². The van der Waals surface area contributed by atoms with E-state index in [0.717, 1.165) is 5.69 Å². The van der Waals surface area contributed by atoms with Gasteiger partial charge in [-0.05, 0) is 12.1 Å². The monoisotopic (exact) mass is 165 g/mol. The number of hydrogen-bond acceptors (Lipinski definition) is 2. The third-order valence-corrected chi connectivity index (χ3v) is 1.50. The maximum absolute atomic E-state index is 10.6. The fourth-order valence-corrected chi connectivity index (χ4v) is 0.813. The summed E-state index contributed by atoms with van der Waals surface area (Å²) in [5.41, 5.74) is 5.88. The summed E-state index contributed by atoms with van der Waals surface area (Å²) in [4.78, 5) is 16.1. The number of carbonyl (C=O) groups excluding carboxylic acids is 1. The molecule has 0 spiro atoms. The van der Waals surface area contributed by atoms with Crippen molar-refractivity contribution in [2.24, 2.45) is 5.73 Å². The van der Waals surface area contributed by atoms with E-state index in [2.05, 4.69) is 4.98 Å². The first-order valence-electron chi connectivity index (χ1n) is 3.60. The van der Waals surface area contributed by atoms with E-state index >= 15 is 0 Å². The van der Waals surface area contributed by atoms with Crippen molar-refractivity contribution in [1.82, 2.24) is 9.88 Å². The minimum atomic E-state index is -0.444. The first-order chi connectivity index (χ1) is 5.70. The molecule has 0 aliphatic carbocycles. The van der Waals surface area contributed by atoms with Crippen molar-refractivity contribution in [2.45, 2.75) is 6.54 Å². The van der Waals surface area contributed by atoms with Crippen LogP contribution in [0, 0.1) is 0 Å². The summed E-state index contributed by atoms with van der Waals surface area (Å²) in [6.07, 6.45) is 1.68. The lowest BCUT2D eigenvalue weighted by Crippen LogP contribution is -2.31. The molecule has 1 heterocycles. The highest BCUT2D eigenvalue weighted by Crippen LogP contribution is 1.97. The molecule has 0 bridgehead atoms. The fourth-order valence-electron chi connectivity index (χ4n) is 0.813. The molecule has 12 heavy (non-hydrogen) atoms. The number of hydrogen-bond donors (Lipinski definition) is 1. The van der Waals surface area contributed by atoms with Gasteiger partial charge in [-0.25, -0.2) is 4.79 Å². The third-order valence-electron chi connectivity index (χ3n) is 1.50. The molecule has 1 rings (SSSR count). The highest BCUT2D eigenvalue weighted by molar-refractivity contribution is 5.71. The summed E-state index contributed by atoms with van der Waals surface area (Å²) in [5.74, 6) is 0. The van der Waals surface area contributed by atoms with Crippen molar-refractivity contribution in [3.8, 4) is 0 Å². The van der Waals surface area contributed by atoms with Crippen molar-refractivity contribution in [3.63, 3.8) is 0 Å². The van der Waals surface area contributed by atoms with Crippen LogP contribution in [-0.4, -0.2) is 23.0 Å². The molecular weight excluding hydrogens is 154 g/mol. The second-order valence-corrected chi connectivity index (χ2v) is 2.52. The molecule has 0 radical (unpaired) electrons. The van der Waals surface area contributed by atoms with Crippen LogP contribution in [0.1, 0.15) is 5.69 Å². The molecule has 0 aliphatic rings. The van der Waals surface area contributed by atoms with Gasteiger partial charge in [-0.2, -0.15) is 0 Å². The number of nitrogens with two attached hydrogens (primary N) is 1. The summed E-state index contributed by atoms with van der Waals surface area (Å²) < 4.78 is 0. The lowest BCUT2D eigenvalue weighted by Gasteiger charge is -2.12. The molecule has 2 N–H and O–H groups in total. The maximum atomic E-state index is 10.6. The topological polar surface area (TPSA) is 59.2 Å². The molecule has 1 aromatic rings. The normalized spacial score (nSPS) is 9.42. The number of nitrogens with zero attached hydrogens (tertiary/aromatic N) is 2. The standard InChI is InChI=1S/C8H11N3O/c1-11(8(9)12)6-7-4-2-3-5-10-7/h2-5H,6H2,1H3,(H2,9,12). The minimum Gasteiger partial charge on any atom is -0.351 e. The number of primary amides is 1. The smallest absolute Gasteiger partial charge is 0.314 e. The molecule has 64 valence electrons. The van der Waals surface area contributed by atoms with Crippen molar-refractivity contribution in [1.29, 1.82) is 0 Å². The third kappa shape index (κ3) is 2.23. The number of amides is 2. The summed E-state index contributed by atoms with van der Waals surface area (Å²) in [5, 5.41) is 0. The van der Waals surface area contributed by atoms with E-state index in [9.17, 15) is 4.79 Å². The van der Waals surface area contributed by atoms with Crippen molar-refractivity contribution >= 4 is 6.03 Å². The average Bonchev–Trinajstić information content (AvgIpc) is 2.06. The Hall–Kier alpha value is -1.58. The molecule has 4 nitrogen and oxygen atoms in total. The Labute approximate surface area is 71.0 Å². The fraction of sp³-hybridized carbons (Fsp3) is 0.250. The average molecular weight is 165 g/mol. The van der Waals surface area contributed by atoms with Crippen LogP contribution < -0.4 is 5.73 Å². The van der Waals surface area contributed by atoms with Crippen molar-refractivity contribution in [2.75, 3.05) is 7.05 Å². The van der Waals surface area contributed by atoms with Crippen molar-refractivity contribution < 1.29 is 4.79 Å². The van der Waals surface area contributed by atoms with Crippen molar-refractivity contribution in [3.05, 3.63) is 30.1 Å². The van der Waals surface area contributed by atoms with Crippen LogP contribution in [0.25, 0.3) is 0 Å². The van der Waals surface area contributed by atoms with Crippen LogP contribution in [0.15, 0.2) is 24.4 Å². The van der Waals surface area contributed by atoms with Gasteiger partial charge in [-0.1, -0.05) is 6.07 Å². The van der Waals surface area contributed by atoms with E-state index in [1.165, 1.54) is 4.90 Å². The van der Waals surface area contributed by atoms with Crippen LogP contribution in [0.4, 0.5) is 4.79 Å². The largest absolute Gasteiger partial charge is 0.351 e. The van der Waals surface area contributed by atoms with Gasteiger partial charge in [0.25, 0.3) is 0 Å². The summed E-state index contributed by atoms with van der Waals surface area (Å²) in [6.45, 7) is 0.455. The molecular formula is C8H11N3O. The molecule has 0 saturated heterocycles. The highest BCUT2D eigenvalue weighted by Gasteiger charge is 2.03. The van der Waals surface area contributed by atoms with E-state index in [4.69, 9.17) is 5.73 Å². The van der Waals surface area contributed by atoms with Crippen LogP contribution in [0.5, 0.6) is 0 Å². The van der Waals surface area contributed by atoms with Gasteiger partial charge in [0, 0.05) is 13.2 Å². The van der Waals surface area contributed by atoms with Crippen LogP contribution >= 0.6 is 0 Å². The van der Waals surface area contributed by atoms with E-state index in [1.54, 1.807) is 13.2 Å². The SMILES string of the molecule is CN(Cc1ccccn1)C(N)=O. The van der Waals surface area contributed by atoms with Gasteiger partial charge < -0.3 is 10.6 Å². The predicted molar refractivity (Wildman–Crippen MR) is 45.3 cm³/mol. The zero-order valence-electron chi connectivity index (χ0n) is 6.90. The predicted octanol–water partition coefficient (Wildman–Crippen LogP) is 0.592. The van der Waals surface area contributed by atoms with E-state index in [0.29, 0.717) is 6.54 Å². The summed E-state index contributed by atoms with van der Waals surface area (Å²) in [7, 11) is 1.64. The van der Waals surface area contributed by atoms with Crippen LogP contribution in [-0.2, 0) is 6.54 Å². The van der Waals surface area contributed by atoms with Gasteiger partial charge in [0.15, 0.2) is 0 Å². The second kappa shape index (κ2) is 3.71. The molecule has 0 atom stereocenters.